The van der Waals surface area contributed by atoms with E-state index in [1.807, 2.05) is 18.2 Å². The van der Waals surface area contributed by atoms with Crippen LogP contribution in [-0.4, -0.2) is 30.4 Å². The molecular formula is C18H20Cl2N2OS. The Hall–Kier alpha value is -1.07. The number of likely N-dealkylation sites (N-methyl/N-ethyl adjacent to an activating group) is 1. The van der Waals surface area contributed by atoms with E-state index in [2.05, 4.69) is 29.4 Å². The zero-order chi connectivity index (χ0) is 17.1. The molecule has 1 aromatic heterocycles. The number of rotatable bonds is 4. The van der Waals surface area contributed by atoms with Gasteiger partial charge in [-0.05, 0) is 38.1 Å². The van der Waals surface area contributed by atoms with Crippen molar-refractivity contribution in [2.75, 3.05) is 13.6 Å². The maximum atomic E-state index is 12.7. The number of carbonyl (C=O) groups excluding carboxylic acids is 1. The number of thiophene rings is 1. The lowest BCUT2D eigenvalue weighted by Crippen LogP contribution is -2.47. The molecule has 0 radical (unpaired) electrons. The maximum absolute atomic E-state index is 12.7. The monoisotopic (exact) mass is 382 g/mol. The molecule has 1 aliphatic heterocycles. The number of likely N-dealkylation sites (tertiary alicyclic amines) is 1. The van der Waals surface area contributed by atoms with Crippen LogP contribution < -0.4 is 5.32 Å². The van der Waals surface area contributed by atoms with Gasteiger partial charge in [0.25, 0.3) is 5.91 Å². The molecule has 1 N–H and O–H groups in total. The van der Waals surface area contributed by atoms with Crippen LogP contribution in [0.2, 0.25) is 8.67 Å². The van der Waals surface area contributed by atoms with Crippen molar-refractivity contribution in [2.24, 2.45) is 0 Å². The minimum Gasteiger partial charge on any atom is -0.344 e. The summed E-state index contributed by atoms with van der Waals surface area (Å²) >= 11 is 13.3. The van der Waals surface area contributed by atoms with E-state index in [1.165, 1.54) is 24.2 Å². The molecule has 3 nitrogen and oxygen atoms in total. The highest BCUT2D eigenvalue weighted by molar-refractivity contribution is 7.20. The van der Waals surface area contributed by atoms with Crippen molar-refractivity contribution in [1.29, 1.82) is 0 Å². The van der Waals surface area contributed by atoms with Gasteiger partial charge in [-0.3, -0.25) is 4.79 Å². The Morgan fingerprint density at radius 3 is 2.67 bits per heavy atom. The van der Waals surface area contributed by atoms with Gasteiger partial charge in [-0.1, -0.05) is 60.0 Å². The molecule has 2 heterocycles. The molecule has 6 heteroatoms. The van der Waals surface area contributed by atoms with E-state index in [0.717, 1.165) is 18.5 Å². The van der Waals surface area contributed by atoms with Crippen molar-refractivity contribution < 1.29 is 4.79 Å². The molecule has 2 unspecified atom stereocenters. The van der Waals surface area contributed by atoms with E-state index < -0.39 is 0 Å². The first-order chi connectivity index (χ1) is 11.6. The van der Waals surface area contributed by atoms with Gasteiger partial charge in [0.1, 0.15) is 4.34 Å². The highest BCUT2D eigenvalue weighted by atomic mass is 35.5. The summed E-state index contributed by atoms with van der Waals surface area (Å²) in [5.41, 5.74) is 1.56. The summed E-state index contributed by atoms with van der Waals surface area (Å²) in [6, 6.07) is 12.0. The van der Waals surface area contributed by atoms with Gasteiger partial charge in [-0.2, -0.15) is 0 Å². The molecule has 3 rings (SSSR count). The zero-order valence-electron chi connectivity index (χ0n) is 13.5. The highest BCUT2D eigenvalue weighted by Gasteiger charge is 2.30. The SMILES string of the molecule is CN1CCCCC1C(NC(=O)c1cc(Cl)sc1Cl)c1ccccc1. The molecule has 0 bridgehead atoms. The molecule has 0 saturated carbocycles. The van der Waals surface area contributed by atoms with Gasteiger partial charge in [0.15, 0.2) is 0 Å². The summed E-state index contributed by atoms with van der Waals surface area (Å²) in [5, 5.41) is 3.19. The van der Waals surface area contributed by atoms with Crippen LogP contribution in [0, 0.1) is 0 Å². The number of hydrogen-bond donors (Lipinski definition) is 1. The highest BCUT2D eigenvalue weighted by Crippen LogP contribution is 2.33. The number of halogens is 2. The number of amides is 1. The molecule has 24 heavy (non-hydrogen) atoms. The Balaban J connectivity index is 1.87. The fourth-order valence-corrected chi connectivity index (χ4v) is 4.76. The lowest BCUT2D eigenvalue weighted by molar-refractivity contribution is 0.0871. The van der Waals surface area contributed by atoms with Crippen LogP contribution in [0.3, 0.4) is 0 Å². The van der Waals surface area contributed by atoms with E-state index in [0.29, 0.717) is 14.2 Å². The fourth-order valence-electron chi connectivity index (χ4n) is 3.30. The Morgan fingerprint density at radius 1 is 1.29 bits per heavy atom. The average molecular weight is 383 g/mol. The lowest BCUT2D eigenvalue weighted by atomic mass is 9.91. The second kappa shape index (κ2) is 7.87. The lowest BCUT2D eigenvalue weighted by Gasteiger charge is -2.38. The average Bonchev–Trinajstić information content (AvgIpc) is 2.92. The van der Waals surface area contributed by atoms with Gasteiger partial charge in [-0.25, -0.2) is 0 Å². The fraction of sp³-hybridized carbons (Fsp3) is 0.389. The first-order valence-corrected chi connectivity index (χ1v) is 9.64. The topological polar surface area (TPSA) is 32.3 Å². The van der Waals surface area contributed by atoms with Gasteiger partial charge >= 0.3 is 0 Å². The number of benzene rings is 1. The van der Waals surface area contributed by atoms with Gasteiger partial charge in [-0.15, -0.1) is 11.3 Å². The minimum absolute atomic E-state index is 0.0706. The largest absolute Gasteiger partial charge is 0.344 e. The van der Waals surface area contributed by atoms with E-state index in [-0.39, 0.29) is 18.0 Å². The molecule has 1 aromatic carbocycles. The Bertz CT molecular complexity index is 704. The van der Waals surface area contributed by atoms with Gasteiger partial charge in [0, 0.05) is 6.04 Å². The van der Waals surface area contributed by atoms with Crippen molar-refractivity contribution in [1.82, 2.24) is 10.2 Å². The molecular weight excluding hydrogens is 363 g/mol. The predicted octanol–water partition coefficient (Wildman–Crippen LogP) is 5.01. The van der Waals surface area contributed by atoms with Crippen molar-refractivity contribution in [3.8, 4) is 0 Å². The number of hydrogen-bond acceptors (Lipinski definition) is 3. The van der Waals surface area contributed by atoms with Crippen LogP contribution in [0.25, 0.3) is 0 Å². The van der Waals surface area contributed by atoms with Crippen LogP contribution in [0.4, 0.5) is 0 Å². The van der Waals surface area contributed by atoms with Gasteiger partial charge < -0.3 is 10.2 Å². The van der Waals surface area contributed by atoms with Crippen LogP contribution >= 0.6 is 34.5 Å². The van der Waals surface area contributed by atoms with Crippen molar-refractivity contribution in [3.05, 3.63) is 56.2 Å². The Kier molecular flexibility index (Phi) is 5.82. The van der Waals surface area contributed by atoms with Crippen molar-refractivity contribution >= 4 is 40.4 Å². The number of nitrogens with zero attached hydrogens (tertiary/aromatic N) is 1. The summed E-state index contributed by atoms with van der Waals surface area (Å²) in [6.07, 6.45) is 3.45. The predicted molar refractivity (Wildman–Crippen MR) is 101 cm³/mol. The summed E-state index contributed by atoms with van der Waals surface area (Å²) in [7, 11) is 2.13. The van der Waals surface area contributed by atoms with Crippen LogP contribution in [0.5, 0.6) is 0 Å². The second-order valence-electron chi connectivity index (χ2n) is 6.14. The van der Waals surface area contributed by atoms with E-state index in [4.69, 9.17) is 23.2 Å². The Morgan fingerprint density at radius 2 is 2.04 bits per heavy atom. The molecule has 1 saturated heterocycles. The number of carbonyl (C=O) groups is 1. The van der Waals surface area contributed by atoms with Crippen molar-refractivity contribution in [2.45, 2.75) is 31.3 Å². The third-order valence-electron chi connectivity index (χ3n) is 4.56. The first-order valence-electron chi connectivity index (χ1n) is 8.07. The number of piperidine rings is 1. The molecule has 0 spiro atoms. The number of nitrogens with one attached hydrogen (secondary N) is 1. The second-order valence-corrected chi connectivity index (χ2v) is 8.43. The smallest absolute Gasteiger partial charge is 0.254 e. The standard InChI is InChI=1S/C18H20Cl2N2OS/c1-22-10-6-5-9-14(22)16(12-7-3-2-4-8-12)21-18(23)13-11-15(19)24-17(13)20/h2-4,7-8,11,14,16H,5-6,9-10H2,1H3,(H,21,23). The molecule has 2 aromatic rings. The quantitative estimate of drug-likeness (QED) is 0.805. The van der Waals surface area contributed by atoms with Crippen molar-refractivity contribution in [3.63, 3.8) is 0 Å². The molecule has 0 aliphatic carbocycles. The molecule has 1 fully saturated rings. The maximum Gasteiger partial charge on any atom is 0.254 e. The summed E-state index contributed by atoms with van der Waals surface area (Å²) in [6.45, 7) is 1.05. The van der Waals surface area contributed by atoms with E-state index in [1.54, 1.807) is 6.07 Å². The van der Waals surface area contributed by atoms with Crippen LogP contribution in [0.15, 0.2) is 36.4 Å². The third kappa shape index (κ3) is 3.94. The van der Waals surface area contributed by atoms with Crippen LogP contribution in [0.1, 0.15) is 41.2 Å². The Labute approximate surface area is 156 Å². The first kappa shape index (κ1) is 17.7. The normalized spacial score (nSPS) is 19.9. The molecule has 2 atom stereocenters. The summed E-state index contributed by atoms with van der Waals surface area (Å²) < 4.78 is 0.956. The van der Waals surface area contributed by atoms with E-state index in [9.17, 15) is 4.79 Å². The van der Waals surface area contributed by atoms with E-state index >= 15 is 0 Å². The molecule has 128 valence electrons. The zero-order valence-corrected chi connectivity index (χ0v) is 15.8. The summed E-state index contributed by atoms with van der Waals surface area (Å²) in [4.78, 5) is 15.1. The summed E-state index contributed by atoms with van der Waals surface area (Å²) in [5.74, 6) is -0.170. The third-order valence-corrected chi connectivity index (χ3v) is 6.05. The molecule has 1 amide bonds. The van der Waals surface area contributed by atoms with Gasteiger partial charge in [0.2, 0.25) is 0 Å². The minimum atomic E-state index is -0.170. The van der Waals surface area contributed by atoms with Gasteiger partial charge in [0.05, 0.1) is 15.9 Å². The molecule has 1 aliphatic rings. The van der Waals surface area contributed by atoms with Crippen LogP contribution in [-0.2, 0) is 0 Å².